The van der Waals surface area contributed by atoms with Gasteiger partial charge in [-0.3, -0.25) is 9.59 Å². The molecule has 0 saturated heterocycles. The molecule has 4 nitrogen and oxygen atoms in total. The third kappa shape index (κ3) is 4.94. The number of hydrogen-bond acceptors (Lipinski definition) is 4. The summed E-state index contributed by atoms with van der Waals surface area (Å²) in [5.74, 6) is 0. The van der Waals surface area contributed by atoms with Crippen LogP contribution >= 0.6 is 0 Å². The average molecular weight is 118 g/mol. The normalized spacial score (nSPS) is 7.50. The molecule has 4 heteroatoms. The minimum absolute atomic E-state index is 0.127. The van der Waals surface area contributed by atoms with Gasteiger partial charge in [0.15, 0.2) is 0 Å². The van der Waals surface area contributed by atoms with Gasteiger partial charge in [0.25, 0.3) is 12.9 Å². The Morgan fingerprint density at radius 1 is 1.00 bits per heavy atom. The van der Waals surface area contributed by atoms with Gasteiger partial charge in [-0.25, -0.2) is 0 Å². The van der Waals surface area contributed by atoms with Crippen LogP contribution in [0.15, 0.2) is 0 Å². The van der Waals surface area contributed by atoms with Crippen molar-refractivity contribution in [3.8, 4) is 0 Å². The lowest BCUT2D eigenvalue weighted by Gasteiger charge is -1.93. The molecular weight excluding hydrogens is 112 g/mol. The van der Waals surface area contributed by atoms with Crippen molar-refractivity contribution in [1.29, 1.82) is 0 Å². The summed E-state index contributed by atoms with van der Waals surface area (Å²) in [6, 6.07) is 0. The molecule has 0 aliphatic rings. The maximum atomic E-state index is 9.40. The van der Waals surface area contributed by atoms with Gasteiger partial charge >= 0.3 is 0 Å². The second kappa shape index (κ2) is 5.94. The topological polar surface area (TPSA) is 52.6 Å². The second-order valence-corrected chi connectivity index (χ2v) is 0.934. The number of ether oxygens (including phenoxy) is 2. The Morgan fingerprint density at radius 3 is 1.62 bits per heavy atom. The zero-order valence-electron chi connectivity index (χ0n) is 4.20. The van der Waals surface area contributed by atoms with E-state index < -0.39 is 0 Å². The highest BCUT2D eigenvalue weighted by Crippen LogP contribution is 1.68. The fourth-order valence-corrected chi connectivity index (χ4v) is 0.192. The van der Waals surface area contributed by atoms with Gasteiger partial charge in [0.05, 0.1) is 0 Å². The molecule has 0 aliphatic carbocycles. The Bertz CT molecular complexity index is 60.4. The molecule has 0 saturated carbocycles. The highest BCUT2D eigenvalue weighted by Gasteiger charge is 1.81. The SMILES string of the molecule is O=COCCOC=O. The number of rotatable bonds is 5. The van der Waals surface area contributed by atoms with E-state index in [-0.39, 0.29) is 13.2 Å². The summed E-state index contributed by atoms with van der Waals surface area (Å²) < 4.78 is 8.34. The van der Waals surface area contributed by atoms with E-state index in [9.17, 15) is 9.59 Å². The predicted octanol–water partition coefficient (Wildman–Crippen LogP) is -0.668. The van der Waals surface area contributed by atoms with Crippen LogP contribution in [-0.4, -0.2) is 26.2 Å². The van der Waals surface area contributed by atoms with Crippen LogP contribution in [-0.2, 0) is 19.1 Å². The first kappa shape index (κ1) is 6.94. The summed E-state index contributed by atoms with van der Waals surface area (Å²) in [5.41, 5.74) is 0. The Balaban J connectivity index is 2.71. The quantitative estimate of drug-likeness (QED) is 0.355. The van der Waals surface area contributed by atoms with Crippen molar-refractivity contribution in [3.63, 3.8) is 0 Å². The lowest BCUT2D eigenvalue weighted by atomic mass is 10.8. The summed E-state index contributed by atoms with van der Waals surface area (Å²) in [7, 11) is 0. The van der Waals surface area contributed by atoms with Gasteiger partial charge in [-0.1, -0.05) is 0 Å². The summed E-state index contributed by atoms with van der Waals surface area (Å²) in [4.78, 5) is 18.8. The van der Waals surface area contributed by atoms with Crippen molar-refractivity contribution in [2.24, 2.45) is 0 Å². The average Bonchev–Trinajstić information content (AvgIpc) is 1.81. The Labute approximate surface area is 46.4 Å². The first-order valence-electron chi connectivity index (χ1n) is 2.02. The zero-order chi connectivity index (χ0) is 6.24. The minimum atomic E-state index is 0.127. The third-order valence-electron chi connectivity index (χ3n) is 0.455. The van der Waals surface area contributed by atoms with Crippen LogP contribution < -0.4 is 0 Å². The van der Waals surface area contributed by atoms with Crippen molar-refractivity contribution in [2.75, 3.05) is 13.2 Å². The molecular formula is C4H6O4. The van der Waals surface area contributed by atoms with Gasteiger partial charge in [-0.2, -0.15) is 0 Å². The van der Waals surface area contributed by atoms with Crippen molar-refractivity contribution in [2.45, 2.75) is 0 Å². The molecule has 0 fully saturated rings. The van der Waals surface area contributed by atoms with Crippen LogP contribution in [0, 0.1) is 0 Å². The van der Waals surface area contributed by atoms with E-state index in [1.54, 1.807) is 0 Å². The van der Waals surface area contributed by atoms with Gasteiger partial charge in [0.2, 0.25) is 0 Å². The van der Waals surface area contributed by atoms with E-state index in [2.05, 4.69) is 9.47 Å². The Morgan fingerprint density at radius 2 is 1.38 bits per heavy atom. The molecule has 0 amide bonds. The van der Waals surface area contributed by atoms with Gasteiger partial charge in [0, 0.05) is 0 Å². The van der Waals surface area contributed by atoms with Crippen molar-refractivity contribution in [1.82, 2.24) is 0 Å². The number of carbonyl (C=O) groups excluding carboxylic acids is 2. The molecule has 0 bridgehead atoms. The fourth-order valence-electron chi connectivity index (χ4n) is 0.192. The standard InChI is InChI=1S/C4H6O4/c5-3-7-1-2-8-4-6/h3-4H,1-2H2. The maximum Gasteiger partial charge on any atom is 0.293 e. The highest BCUT2D eigenvalue weighted by atomic mass is 16.6. The molecule has 0 aromatic carbocycles. The molecule has 0 aromatic heterocycles. The molecule has 8 heavy (non-hydrogen) atoms. The molecule has 0 unspecified atom stereocenters. The van der Waals surface area contributed by atoms with Crippen LogP contribution in [0.1, 0.15) is 0 Å². The number of hydrogen-bond donors (Lipinski definition) is 0. The lowest BCUT2D eigenvalue weighted by Crippen LogP contribution is -2.00. The monoisotopic (exact) mass is 118 g/mol. The Kier molecular flexibility index (Phi) is 5.15. The zero-order valence-corrected chi connectivity index (χ0v) is 4.20. The highest BCUT2D eigenvalue weighted by molar-refractivity contribution is 5.38. The Hall–Kier alpha value is -1.06. The maximum absolute atomic E-state index is 9.40. The van der Waals surface area contributed by atoms with Crippen LogP contribution in [0.5, 0.6) is 0 Å². The third-order valence-corrected chi connectivity index (χ3v) is 0.455. The van der Waals surface area contributed by atoms with Crippen molar-refractivity contribution in [3.05, 3.63) is 0 Å². The summed E-state index contributed by atoms with van der Waals surface area (Å²) >= 11 is 0. The molecule has 0 N–H and O–H groups in total. The molecule has 0 radical (unpaired) electrons. The van der Waals surface area contributed by atoms with Crippen molar-refractivity contribution >= 4 is 12.9 Å². The van der Waals surface area contributed by atoms with Crippen LogP contribution in [0.25, 0.3) is 0 Å². The predicted molar refractivity (Wildman–Crippen MR) is 24.0 cm³/mol. The van der Waals surface area contributed by atoms with Crippen LogP contribution in [0.2, 0.25) is 0 Å². The second-order valence-electron chi connectivity index (χ2n) is 0.934. The van der Waals surface area contributed by atoms with Gasteiger partial charge in [-0.15, -0.1) is 0 Å². The fraction of sp³-hybridized carbons (Fsp3) is 0.500. The largest absolute Gasteiger partial charge is 0.464 e. The molecule has 0 aromatic rings. The summed E-state index contributed by atoms with van der Waals surface area (Å²) in [6.45, 7) is 0.854. The summed E-state index contributed by atoms with van der Waals surface area (Å²) in [5, 5.41) is 0. The van der Waals surface area contributed by atoms with E-state index in [4.69, 9.17) is 0 Å². The van der Waals surface area contributed by atoms with E-state index >= 15 is 0 Å². The molecule has 46 valence electrons. The molecule has 0 heterocycles. The first-order chi connectivity index (χ1) is 3.91. The van der Waals surface area contributed by atoms with E-state index in [1.165, 1.54) is 0 Å². The first-order valence-corrected chi connectivity index (χ1v) is 2.02. The van der Waals surface area contributed by atoms with Crippen molar-refractivity contribution < 1.29 is 19.1 Å². The van der Waals surface area contributed by atoms with Crippen LogP contribution in [0.4, 0.5) is 0 Å². The van der Waals surface area contributed by atoms with Gasteiger partial charge < -0.3 is 9.47 Å². The van der Waals surface area contributed by atoms with E-state index in [0.29, 0.717) is 12.9 Å². The lowest BCUT2D eigenvalue weighted by molar-refractivity contribution is -0.136. The molecule has 0 spiro atoms. The van der Waals surface area contributed by atoms with Crippen LogP contribution in [0.3, 0.4) is 0 Å². The summed E-state index contributed by atoms with van der Waals surface area (Å²) in [6.07, 6.45) is 0. The molecule has 0 rings (SSSR count). The molecule has 0 atom stereocenters. The van der Waals surface area contributed by atoms with Gasteiger partial charge in [0.1, 0.15) is 13.2 Å². The number of carbonyl (C=O) groups is 2. The van der Waals surface area contributed by atoms with E-state index in [1.807, 2.05) is 0 Å². The minimum Gasteiger partial charge on any atom is -0.464 e. The van der Waals surface area contributed by atoms with E-state index in [0.717, 1.165) is 0 Å². The molecule has 0 aliphatic heterocycles. The smallest absolute Gasteiger partial charge is 0.293 e. The van der Waals surface area contributed by atoms with Gasteiger partial charge in [-0.05, 0) is 0 Å².